The Kier molecular flexibility index (Phi) is 5.03. The van der Waals surface area contributed by atoms with Crippen LogP contribution >= 0.6 is 0 Å². The van der Waals surface area contributed by atoms with Gasteiger partial charge in [0.15, 0.2) is 0 Å². The summed E-state index contributed by atoms with van der Waals surface area (Å²) in [6, 6.07) is 16.6. The van der Waals surface area contributed by atoms with Gasteiger partial charge in [0.1, 0.15) is 12.4 Å². The first-order chi connectivity index (χ1) is 13.2. The highest BCUT2D eigenvalue weighted by Gasteiger charge is 2.22. The van der Waals surface area contributed by atoms with Crippen molar-refractivity contribution in [2.75, 3.05) is 13.7 Å². The molecule has 0 fully saturated rings. The summed E-state index contributed by atoms with van der Waals surface area (Å²) in [4.78, 5) is 11.2. The summed E-state index contributed by atoms with van der Waals surface area (Å²) in [7, 11) is 1.64. The molecule has 0 saturated heterocycles. The molecule has 138 valence electrons. The van der Waals surface area contributed by atoms with Crippen LogP contribution in [0.4, 0.5) is 0 Å². The van der Waals surface area contributed by atoms with E-state index in [1.807, 2.05) is 30.5 Å². The molecule has 5 heteroatoms. The minimum atomic E-state index is 0.284. The molecule has 27 heavy (non-hydrogen) atoms. The van der Waals surface area contributed by atoms with Crippen molar-refractivity contribution >= 4 is 0 Å². The fraction of sp³-hybridized carbons (Fsp3) is 0.273. The fourth-order valence-corrected chi connectivity index (χ4v) is 3.33. The summed E-state index contributed by atoms with van der Waals surface area (Å²) in [6.45, 7) is 4.40. The molecule has 4 rings (SSSR count). The Balaban J connectivity index is 1.61. The predicted molar refractivity (Wildman–Crippen MR) is 105 cm³/mol. The first-order valence-corrected chi connectivity index (χ1v) is 9.13. The quantitative estimate of drug-likeness (QED) is 0.704. The van der Waals surface area contributed by atoms with Gasteiger partial charge in [0.25, 0.3) is 0 Å². The summed E-state index contributed by atoms with van der Waals surface area (Å²) >= 11 is 0. The molecule has 0 amide bonds. The molecule has 3 aromatic rings. The van der Waals surface area contributed by atoms with Crippen LogP contribution in [0.15, 0.2) is 60.9 Å². The van der Waals surface area contributed by atoms with E-state index in [4.69, 9.17) is 9.47 Å². The van der Waals surface area contributed by atoms with Gasteiger partial charge in [-0.3, -0.25) is 9.88 Å². The maximum Gasteiger partial charge on any atom is 0.213 e. The summed E-state index contributed by atoms with van der Waals surface area (Å²) < 4.78 is 11.3. The maximum atomic E-state index is 6.06. The van der Waals surface area contributed by atoms with Crippen LogP contribution in [0.5, 0.6) is 11.6 Å². The lowest BCUT2D eigenvalue weighted by molar-refractivity contribution is 0.149. The molecule has 1 aromatic carbocycles. The van der Waals surface area contributed by atoms with E-state index in [0.717, 1.165) is 35.7 Å². The van der Waals surface area contributed by atoms with Crippen LogP contribution in [0.1, 0.15) is 18.2 Å². The number of hydrogen-bond acceptors (Lipinski definition) is 5. The Morgan fingerprint density at radius 3 is 2.89 bits per heavy atom. The molecule has 0 saturated carbocycles. The second kappa shape index (κ2) is 7.76. The van der Waals surface area contributed by atoms with Crippen molar-refractivity contribution in [2.24, 2.45) is 0 Å². The number of pyridine rings is 2. The Morgan fingerprint density at radius 2 is 2.07 bits per heavy atom. The van der Waals surface area contributed by atoms with Crippen molar-refractivity contribution < 1.29 is 9.47 Å². The van der Waals surface area contributed by atoms with E-state index in [1.165, 1.54) is 5.56 Å². The van der Waals surface area contributed by atoms with Gasteiger partial charge >= 0.3 is 0 Å². The molecule has 0 bridgehead atoms. The van der Waals surface area contributed by atoms with Crippen LogP contribution in [0, 0.1) is 0 Å². The number of hydrogen-bond donors (Lipinski definition) is 0. The lowest BCUT2D eigenvalue weighted by Crippen LogP contribution is -2.34. The standard InChI is InChI=1S/C22H23N3O2/c1-16-15-27-21-9-8-17(18-5-4-10-23-12-18)11-19(21)13-25(16)14-20-6-3-7-22(24-20)26-2/h3-12,16H,13-15H2,1-2H3/t16-/m0/s1. The molecular weight excluding hydrogens is 338 g/mol. The number of ether oxygens (including phenoxy) is 2. The van der Waals surface area contributed by atoms with Crippen LogP contribution in [0.25, 0.3) is 11.1 Å². The molecule has 1 aliphatic heterocycles. The Morgan fingerprint density at radius 1 is 1.15 bits per heavy atom. The molecule has 2 aromatic heterocycles. The summed E-state index contributed by atoms with van der Waals surface area (Å²) in [6.07, 6.45) is 3.68. The van der Waals surface area contributed by atoms with Crippen LogP contribution in [0.2, 0.25) is 0 Å². The molecule has 5 nitrogen and oxygen atoms in total. The van der Waals surface area contributed by atoms with E-state index in [9.17, 15) is 0 Å². The van der Waals surface area contributed by atoms with Crippen molar-refractivity contribution in [3.05, 3.63) is 72.2 Å². The van der Waals surface area contributed by atoms with E-state index in [-0.39, 0.29) is 6.04 Å². The van der Waals surface area contributed by atoms with Crippen LogP contribution in [0.3, 0.4) is 0 Å². The Bertz CT molecular complexity index is 914. The van der Waals surface area contributed by atoms with Gasteiger partial charge in [-0.25, -0.2) is 4.98 Å². The number of aromatic nitrogens is 2. The topological polar surface area (TPSA) is 47.5 Å². The van der Waals surface area contributed by atoms with E-state index >= 15 is 0 Å². The molecule has 3 heterocycles. The minimum absolute atomic E-state index is 0.284. The second-order valence-corrected chi connectivity index (χ2v) is 6.80. The molecule has 1 atom stereocenters. The number of benzene rings is 1. The predicted octanol–water partition coefficient (Wildman–Crippen LogP) is 3.94. The monoisotopic (exact) mass is 361 g/mol. The average molecular weight is 361 g/mol. The third-order valence-corrected chi connectivity index (χ3v) is 4.89. The van der Waals surface area contributed by atoms with Gasteiger partial charge in [0.2, 0.25) is 5.88 Å². The summed E-state index contributed by atoms with van der Waals surface area (Å²) in [5, 5.41) is 0. The Hall–Kier alpha value is -2.92. The first-order valence-electron chi connectivity index (χ1n) is 9.13. The zero-order valence-corrected chi connectivity index (χ0v) is 15.6. The highest BCUT2D eigenvalue weighted by molar-refractivity contribution is 5.64. The van der Waals surface area contributed by atoms with E-state index in [1.54, 1.807) is 13.3 Å². The average Bonchev–Trinajstić information content (AvgIpc) is 2.87. The molecule has 0 N–H and O–H groups in total. The Labute approximate surface area is 159 Å². The molecule has 0 spiro atoms. The maximum absolute atomic E-state index is 6.06. The molecule has 0 unspecified atom stereocenters. The first kappa shape index (κ1) is 17.5. The lowest BCUT2D eigenvalue weighted by atomic mass is 10.0. The number of methoxy groups -OCH3 is 1. The fourth-order valence-electron chi connectivity index (χ4n) is 3.33. The van der Waals surface area contributed by atoms with Gasteiger partial charge in [0.05, 0.1) is 12.8 Å². The van der Waals surface area contributed by atoms with Gasteiger partial charge in [-0.15, -0.1) is 0 Å². The van der Waals surface area contributed by atoms with E-state index in [2.05, 4.69) is 46.1 Å². The highest BCUT2D eigenvalue weighted by atomic mass is 16.5. The second-order valence-electron chi connectivity index (χ2n) is 6.80. The van der Waals surface area contributed by atoms with Gasteiger partial charge in [0, 0.05) is 48.7 Å². The van der Waals surface area contributed by atoms with Crippen LogP contribution < -0.4 is 9.47 Å². The van der Waals surface area contributed by atoms with E-state index in [0.29, 0.717) is 12.5 Å². The highest BCUT2D eigenvalue weighted by Crippen LogP contribution is 2.30. The van der Waals surface area contributed by atoms with Crippen LogP contribution in [-0.2, 0) is 13.1 Å². The van der Waals surface area contributed by atoms with Crippen molar-refractivity contribution in [1.82, 2.24) is 14.9 Å². The van der Waals surface area contributed by atoms with Crippen molar-refractivity contribution in [3.63, 3.8) is 0 Å². The number of fused-ring (bicyclic) bond motifs is 1. The van der Waals surface area contributed by atoms with Gasteiger partial charge in [-0.2, -0.15) is 0 Å². The normalized spacial score (nSPS) is 16.9. The largest absolute Gasteiger partial charge is 0.492 e. The number of nitrogens with zero attached hydrogens (tertiary/aromatic N) is 3. The lowest BCUT2D eigenvalue weighted by Gasteiger charge is -2.25. The van der Waals surface area contributed by atoms with E-state index < -0.39 is 0 Å². The van der Waals surface area contributed by atoms with Gasteiger partial charge in [-0.05, 0) is 36.8 Å². The SMILES string of the molecule is COc1cccc(CN2Cc3cc(-c4cccnc4)ccc3OC[C@@H]2C)n1. The minimum Gasteiger partial charge on any atom is -0.492 e. The summed E-state index contributed by atoms with van der Waals surface area (Å²) in [5.41, 5.74) is 4.44. The zero-order chi connectivity index (χ0) is 18.6. The molecular formula is C22H23N3O2. The van der Waals surface area contributed by atoms with Gasteiger partial charge in [-0.1, -0.05) is 18.2 Å². The molecule has 1 aliphatic rings. The van der Waals surface area contributed by atoms with Gasteiger partial charge < -0.3 is 9.47 Å². The third-order valence-electron chi connectivity index (χ3n) is 4.89. The number of rotatable bonds is 4. The molecule has 0 radical (unpaired) electrons. The third kappa shape index (κ3) is 3.93. The van der Waals surface area contributed by atoms with Crippen molar-refractivity contribution in [2.45, 2.75) is 26.1 Å². The molecule has 0 aliphatic carbocycles. The zero-order valence-electron chi connectivity index (χ0n) is 15.6. The summed E-state index contributed by atoms with van der Waals surface area (Å²) in [5.74, 6) is 1.60. The van der Waals surface area contributed by atoms with Crippen molar-refractivity contribution in [3.8, 4) is 22.8 Å². The van der Waals surface area contributed by atoms with Crippen LogP contribution in [-0.4, -0.2) is 34.6 Å². The smallest absolute Gasteiger partial charge is 0.213 e. The van der Waals surface area contributed by atoms with Crippen molar-refractivity contribution in [1.29, 1.82) is 0 Å².